The zero-order chi connectivity index (χ0) is 13.9. The summed E-state index contributed by atoms with van der Waals surface area (Å²) in [6, 6.07) is 5.29. The fraction of sp³-hybridized carbons (Fsp3) is 0.364. The number of nitrogens with one attached hydrogen (secondary N) is 1. The third kappa shape index (κ3) is 5.02. The number of nitrogens with zero attached hydrogens (tertiary/aromatic N) is 2. The molecule has 0 bridgehead atoms. The van der Waals surface area contributed by atoms with Crippen molar-refractivity contribution in [3.63, 3.8) is 0 Å². The Hall–Kier alpha value is -1.37. The standard InChI is InChI=1S/C11H14ClN3O3.ClH/c1-11(2,3)15(12)13-10(16)8-4-6-9(7-5-8)14(17)18;/h4-7H,1-3H3,(H,13,16);1H. The van der Waals surface area contributed by atoms with Gasteiger partial charge in [-0.1, -0.05) is 0 Å². The van der Waals surface area contributed by atoms with Crippen molar-refractivity contribution in [3.05, 3.63) is 39.9 Å². The molecule has 1 rings (SSSR count). The Labute approximate surface area is 122 Å². The Bertz CT molecular complexity index is 457. The lowest BCUT2D eigenvalue weighted by molar-refractivity contribution is -0.384. The van der Waals surface area contributed by atoms with Gasteiger partial charge in [-0.3, -0.25) is 20.3 Å². The molecule has 0 fully saturated rings. The molecule has 0 unspecified atom stereocenters. The predicted octanol–water partition coefficient (Wildman–Crippen LogP) is 2.92. The van der Waals surface area contributed by atoms with Crippen LogP contribution >= 0.6 is 24.2 Å². The number of non-ortho nitro benzene ring substituents is 1. The smallest absolute Gasteiger partial charge is 0.269 e. The molecule has 0 atom stereocenters. The molecule has 1 N–H and O–H groups in total. The van der Waals surface area contributed by atoms with Crippen molar-refractivity contribution < 1.29 is 9.72 Å². The summed E-state index contributed by atoms with van der Waals surface area (Å²) in [6.07, 6.45) is 0. The molecule has 0 spiro atoms. The fourth-order valence-corrected chi connectivity index (χ4v) is 1.13. The lowest BCUT2D eigenvalue weighted by Crippen LogP contribution is -2.46. The topological polar surface area (TPSA) is 75.5 Å². The minimum Gasteiger partial charge on any atom is -0.270 e. The fourth-order valence-electron chi connectivity index (χ4n) is 1.06. The van der Waals surface area contributed by atoms with Crippen LogP contribution in [-0.4, -0.2) is 20.9 Å². The first kappa shape index (κ1) is 17.6. The Morgan fingerprint density at radius 2 is 1.79 bits per heavy atom. The van der Waals surface area contributed by atoms with Crippen molar-refractivity contribution >= 4 is 35.8 Å². The Kier molecular flexibility index (Phi) is 6.21. The minimum atomic E-state index is -0.523. The highest BCUT2D eigenvalue weighted by atomic mass is 35.5. The highest BCUT2D eigenvalue weighted by molar-refractivity contribution is 6.14. The number of hydrogen-bond acceptors (Lipinski definition) is 4. The van der Waals surface area contributed by atoms with Gasteiger partial charge in [-0.25, -0.2) is 0 Å². The van der Waals surface area contributed by atoms with Gasteiger partial charge in [0.05, 0.1) is 4.92 Å². The van der Waals surface area contributed by atoms with Crippen molar-refractivity contribution in [1.82, 2.24) is 9.95 Å². The molecule has 0 aliphatic heterocycles. The van der Waals surface area contributed by atoms with Gasteiger partial charge in [0.1, 0.15) is 0 Å². The van der Waals surface area contributed by atoms with Crippen LogP contribution in [0.3, 0.4) is 0 Å². The van der Waals surface area contributed by atoms with E-state index < -0.39 is 16.4 Å². The van der Waals surface area contributed by atoms with E-state index in [1.54, 1.807) is 0 Å². The molecule has 1 aromatic rings. The van der Waals surface area contributed by atoms with Gasteiger partial charge < -0.3 is 0 Å². The second-order valence-electron chi connectivity index (χ2n) is 4.70. The highest BCUT2D eigenvalue weighted by Gasteiger charge is 2.22. The van der Waals surface area contributed by atoms with Crippen LogP contribution in [0.1, 0.15) is 31.1 Å². The average Bonchev–Trinajstić information content (AvgIpc) is 2.27. The number of nitro groups is 1. The van der Waals surface area contributed by atoms with E-state index in [1.165, 1.54) is 24.3 Å². The monoisotopic (exact) mass is 307 g/mol. The quantitative estimate of drug-likeness (QED) is 0.529. The van der Waals surface area contributed by atoms with Gasteiger partial charge in [0.15, 0.2) is 0 Å². The molecule has 0 saturated heterocycles. The van der Waals surface area contributed by atoms with Crippen LogP contribution < -0.4 is 5.43 Å². The summed E-state index contributed by atoms with van der Waals surface area (Å²) in [6.45, 7) is 5.49. The summed E-state index contributed by atoms with van der Waals surface area (Å²) in [7, 11) is 0. The molecule has 19 heavy (non-hydrogen) atoms. The van der Waals surface area contributed by atoms with Crippen molar-refractivity contribution in [2.24, 2.45) is 0 Å². The second-order valence-corrected chi connectivity index (χ2v) is 5.03. The first-order chi connectivity index (χ1) is 8.21. The summed E-state index contributed by atoms with van der Waals surface area (Å²) < 4.78 is 1.16. The molecular formula is C11H15Cl2N3O3. The second kappa shape index (κ2) is 6.70. The van der Waals surface area contributed by atoms with E-state index in [9.17, 15) is 14.9 Å². The lowest BCUT2D eigenvalue weighted by atomic mass is 10.1. The molecule has 0 radical (unpaired) electrons. The normalized spacial score (nSPS) is 10.8. The van der Waals surface area contributed by atoms with Crippen LogP contribution in [0.5, 0.6) is 0 Å². The third-order valence-corrected chi connectivity index (χ3v) is 2.72. The maximum Gasteiger partial charge on any atom is 0.269 e. The summed E-state index contributed by atoms with van der Waals surface area (Å²) in [5, 5.41) is 10.5. The van der Waals surface area contributed by atoms with Crippen LogP contribution in [0.4, 0.5) is 5.69 Å². The van der Waals surface area contributed by atoms with Crippen LogP contribution in [-0.2, 0) is 0 Å². The van der Waals surface area contributed by atoms with Crippen LogP contribution in [0.25, 0.3) is 0 Å². The zero-order valence-electron chi connectivity index (χ0n) is 10.7. The largest absolute Gasteiger partial charge is 0.270 e. The van der Waals surface area contributed by atoms with Gasteiger partial charge in [0.2, 0.25) is 0 Å². The molecule has 0 saturated carbocycles. The summed E-state index contributed by atoms with van der Waals surface area (Å²) in [5.74, 6) is -0.421. The number of carbonyl (C=O) groups excluding carboxylic acids is 1. The number of nitro benzene ring substituents is 1. The predicted molar refractivity (Wildman–Crippen MR) is 75.3 cm³/mol. The van der Waals surface area contributed by atoms with Crippen molar-refractivity contribution in [3.8, 4) is 0 Å². The molecule has 0 aliphatic carbocycles. The van der Waals surface area contributed by atoms with E-state index in [4.69, 9.17) is 11.8 Å². The Morgan fingerprint density at radius 1 is 1.32 bits per heavy atom. The third-order valence-electron chi connectivity index (χ3n) is 2.13. The first-order valence-corrected chi connectivity index (χ1v) is 5.57. The number of amides is 1. The summed E-state index contributed by atoms with van der Waals surface area (Å²) in [5.41, 5.74) is 2.28. The maximum absolute atomic E-state index is 11.8. The number of carbonyl (C=O) groups is 1. The van der Waals surface area contributed by atoms with Gasteiger partial charge in [-0.15, -0.1) is 16.9 Å². The minimum absolute atomic E-state index is 0. The van der Waals surface area contributed by atoms with Gasteiger partial charge in [-0.2, -0.15) is 0 Å². The zero-order valence-corrected chi connectivity index (χ0v) is 12.3. The van der Waals surface area contributed by atoms with Gasteiger partial charge >= 0.3 is 0 Å². The summed E-state index contributed by atoms with van der Waals surface area (Å²) >= 11 is 5.88. The van der Waals surface area contributed by atoms with Crippen molar-refractivity contribution in [2.75, 3.05) is 0 Å². The van der Waals surface area contributed by atoms with E-state index >= 15 is 0 Å². The number of benzene rings is 1. The molecule has 1 aromatic carbocycles. The van der Waals surface area contributed by atoms with Gasteiger partial charge in [0.25, 0.3) is 11.6 Å². The van der Waals surface area contributed by atoms with Crippen LogP contribution in [0.15, 0.2) is 24.3 Å². The Balaban J connectivity index is 0.00000324. The SMILES string of the molecule is CC(C)(C)N(Cl)NC(=O)c1ccc([N+](=O)[O-])cc1.Cl. The van der Waals surface area contributed by atoms with Crippen molar-refractivity contribution in [1.29, 1.82) is 0 Å². The number of rotatable bonds is 3. The molecule has 1 amide bonds. The molecule has 0 heterocycles. The number of hydrazine groups is 1. The van der Waals surface area contributed by atoms with Crippen LogP contribution in [0.2, 0.25) is 0 Å². The van der Waals surface area contributed by atoms with E-state index in [2.05, 4.69) is 5.43 Å². The molecule has 6 nitrogen and oxygen atoms in total. The van der Waals surface area contributed by atoms with Crippen LogP contribution in [0, 0.1) is 10.1 Å². The molecule has 0 aliphatic rings. The van der Waals surface area contributed by atoms with Crippen molar-refractivity contribution in [2.45, 2.75) is 26.3 Å². The number of hydrogen-bond donors (Lipinski definition) is 1. The average molecular weight is 308 g/mol. The number of halogens is 2. The van der Waals surface area contributed by atoms with Gasteiger partial charge in [-0.05, 0) is 32.9 Å². The first-order valence-electron chi connectivity index (χ1n) is 5.23. The van der Waals surface area contributed by atoms with E-state index in [0.717, 1.165) is 4.53 Å². The molecule has 0 aromatic heterocycles. The van der Waals surface area contributed by atoms with E-state index in [1.807, 2.05) is 20.8 Å². The molecule has 106 valence electrons. The molecular weight excluding hydrogens is 293 g/mol. The lowest BCUT2D eigenvalue weighted by Gasteiger charge is -2.28. The van der Waals surface area contributed by atoms with E-state index in [0.29, 0.717) is 5.56 Å². The highest BCUT2D eigenvalue weighted by Crippen LogP contribution is 2.15. The van der Waals surface area contributed by atoms with E-state index in [-0.39, 0.29) is 18.1 Å². The van der Waals surface area contributed by atoms with Gasteiger partial charge in [0, 0.05) is 35.0 Å². The molecule has 8 heteroatoms. The summed E-state index contributed by atoms with van der Waals surface area (Å²) in [4.78, 5) is 21.7. The Morgan fingerprint density at radius 3 is 2.16 bits per heavy atom. The maximum atomic E-state index is 11.8.